The summed E-state index contributed by atoms with van der Waals surface area (Å²) < 4.78 is 49.0. The molecule has 0 radical (unpaired) electrons. The Kier molecular flexibility index (Phi) is 8.13. The summed E-state index contributed by atoms with van der Waals surface area (Å²) in [5.74, 6) is -0.892. The number of nitrogens with zero attached hydrogens (tertiary/aromatic N) is 5. The summed E-state index contributed by atoms with van der Waals surface area (Å²) in [5, 5.41) is 5.65. The molecule has 2 aromatic heterocycles. The fourth-order valence-corrected chi connectivity index (χ4v) is 5.35. The van der Waals surface area contributed by atoms with Crippen molar-refractivity contribution in [3.05, 3.63) is 47.5 Å². The fraction of sp³-hybridized carbons (Fsp3) is 0.481. The number of nitrogens with one attached hydrogen (secondary N) is 2. The number of anilines is 1. The van der Waals surface area contributed by atoms with Gasteiger partial charge in [-0.1, -0.05) is 20.3 Å². The highest BCUT2D eigenvalue weighted by Crippen LogP contribution is 2.42. The first-order valence-electron chi connectivity index (χ1n) is 13.7. The number of pyridine rings is 1. The smallest absolute Gasteiger partial charge is 0.409 e. The lowest BCUT2D eigenvalue weighted by Gasteiger charge is -2.36. The summed E-state index contributed by atoms with van der Waals surface area (Å²) in [6.07, 6.45) is 2.60. The van der Waals surface area contributed by atoms with Gasteiger partial charge in [-0.05, 0) is 49.1 Å². The number of hydrogen-bond donors (Lipinski definition) is 2. The molecule has 220 valence electrons. The molecule has 41 heavy (non-hydrogen) atoms. The number of hydrogen-bond acceptors (Lipinski definition) is 8. The predicted molar refractivity (Wildman–Crippen MR) is 151 cm³/mol. The van der Waals surface area contributed by atoms with Gasteiger partial charge in [0, 0.05) is 39.1 Å². The zero-order chi connectivity index (χ0) is 29.3. The van der Waals surface area contributed by atoms with Gasteiger partial charge in [-0.3, -0.25) is 4.79 Å². The Balaban J connectivity index is 1.58. The number of carbonyl (C=O) groups excluding carboxylic acids is 2. The minimum Gasteiger partial charge on any atom is -0.449 e. The molecule has 0 unspecified atom stereocenters. The van der Waals surface area contributed by atoms with E-state index < -0.39 is 21.9 Å². The number of halogens is 1. The number of piperazine rings is 1. The number of amides is 2. The van der Waals surface area contributed by atoms with Crippen LogP contribution in [0.25, 0.3) is 16.7 Å². The second kappa shape index (κ2) is 11.6. The molecule has 2 N–H and O–H groups in total. The molecule has 1 saturated carbocycles. The van der Waals surface area contributed by atoms with E-state index in [0.29, 0.717) is 49.8 Å². The van der Waals surface area contributed by atoms with E-state index in [1.165, 1.54) is 19.2 Å². The average Bonchev–Trinajstić information content (AvgIpc) is 3.29. The molecule has 5 rings (SSSR count). The van der Waals surface area contributed by atoms with Crippen molar-refractivity contribution < 1.29 is 27.1 Å². The number of carbonyl (C=O) groups is 2. The van der Waals surface area contributed by atoms with Crippen LogP contribution in [0.2, 0.25) is 0 Å². The van der Waals surface area contributed by atoms with E-state index in [1.807, 2.05) is 18.6 Å². The highest BCUT2D eigenvalue weighted by Gasteiger charge is 2.32. The first kappa shape index (κ1) is 28.7. The third-order valence-corrected chi connectivity index (χ3v) is 8.35. The summed E-state index contributed by atoms with van der Waals surface area (Å²) in [4.78, 5) is 34.0. The van der Waals surface area contributed by atoms with Gasteiger partial charge in [0.15, 0.2) is 5.65 Å². The predicted octanol–water partition coefficient (Wildman–Crippen LogP) is 2.94. The summed E-state index contributed by atoms with van der Waals surface area (Å²) in [6.45, 7) is 6.01. The van der Waals surface area contributed by atoms with E-state index in [0.717, 1.165) is 30.3 Å². The molecular weight excluding hydrogens is 553 g/mol. The molecule has 3 aromatic rings. The molecule has 14 heteroatoms. The van der Waals surface area contributed by atoms with E-state index in [9.17, 15) is 22.4 Å². The quantitative estimate of drug-likeness (QED) is 0.410. The Labute approximate surface area is 238 Å². The SMILES string of the molecule is CNS(=O)(=O)NC(=O)c1cc(N2CCN(C(=O)OCC(C)C)CC2)c2c(C3CCC3)nn(-c3ccc(F)cc3)c2n1. The molecular formula is C27H34FN7O5S. The van der Waals surface area contributed by atoms with E-state index >= 15 is 0 Å². The van der Waals surface area contributed by atoms with Crippen LogP contribution in [-0.2, 0) is 14.9 Å². The first-order valence-corrected chi connectivity index (χ1v) is 15.2. The van der Waals surface area contributed by atoms with Gasteiger partial charge < -0.3 is 14.5 Å². The van der Waals surface area contributed by atoms with Crippen molar-refractivity contribution in [1.29, 1.82) is 0 Å². The molecule has 3 heterocycles. The van der Waals surface area contributed by atoms with Gasteiger partial charge >= 0.3 is 16.3 Å². The fourth-order valence-electron chi connectivity index (χ4n) is 4.90. The Hall–Kier alpha value is -3.78. The zero-order valence-electron chi connectivity index (χ0n) is 23.3. The lowest BCUT2D eigenvalue weighted by atomic mass is 9.82. The Morgan fingerprint density at radius 1 is 1.12 bits per heavy atom. The molecule has 12 nitrogen and oxygen atoms in total. The number of rotatable bonds is 8. The normalized spacial score (nSPS) is 16.2. The molecule has 2 aliphatic rings. The van der Waals surface area contributed by atoms with Crippen molar-refractivity contribution in [2.24, 2.45) is 5.92 Å². The summed E-state index contributed by atoms with van der Waals surface area (Å²) >= 11 is 0. The highest BCUT2D eigenvalue weighted by atomic mass is 32.2. The zero-order valence-corrected chi connectivity index (χ0v) is 24.1. The molecule has 1 aliphatic heterocycles. The third-order valence-electron chi connectivity index (χ3n) is 7.35. The molecule has 0 atom stereocenters. The third kappa shape index (κ3) is 6.12. The van der Waals surface area contributed by atoms with Crippen LogP contribution in [0.4, 0.5) is 14.9 Å². The molecule has 0 bridgehead atoms. The lowest BCUT2D eigenvalue weighted by molar-refractivity contribution is 0.0901. The molecule has 2 fully saturated rings. The van der Waals surface area contributed by atoms with E-state index in [2.05, 4.69) is 14.6 Å². The van der Waals surface area contributed by atoms with Crippen molar-refractivity contribution in [2.75, 3.05) is 44.7 Å². The van der Waals surface area contributed by atoms with Crippen molar-refractivity contribution in [3.63, 3.8) is 0 Å². The van der Waals surface area contributed by atoms with Gasteiger partial charge in [0.2, 0.25) is 0 Å². The number of benzene rings is 1. The second-order valence-electron chi connectivity index (χ2n) is 10.7. The van der Waals surface area contributed by atoms with Crippen LogP contribution in [0.1, 0.15) is 55.2 Å². The first-order chi connectivity index (χ1) is 19.6. The Morgan fingerprint density at radius 2 is 1.80 bits per heavy atom. The number of fused-ring (bicyclic) bond motifs is 1. The summed E-state index contributed by atoms with van der Waals surface area (Å²) in [7, 11) is -2.89. The van der Waals surface area contributed by atoms with Gasteiger partial charge in [0.05, 0.1) is 29.1 Å². The van der Waals surface area contributed by atoms with Crippen LogP contribution < -0.4 is 14.3 Å². The van der Waals surface area contributed by atoms with Gasteiger partial charge in [0.1, 0.15) is 11.5 Å². The monoisotopic (exact) mass is 587 g/mol. The van der Waals surface area contributed by atoms with Crippen LogP contribution in [0.3, 0.4) is 0 Å². The van der Waals surface area contributed by atoms with E-state index in [1.54, 1.807) is 27.8 Å². The molecule has 0 spiro atoms. The van der Waals surface area contributed by atoms with E-state index in [-0.39, 0.29) is 23.6 Å². The minimum atomic E-state index is -4.08. The van der Waals surface area contributed by atoms with Crippen LogP contribution in [0.15, 0.2) is 30.3 Å². The summed E-state index contributed by atoms with van der Waals surface area (Å²) in [6, 6.07) is 7.37. The molecule has 1 aromatic carbocycles. The Morgan fingerprint density at radius 3 is 2.39 bits per heavy atom. The van der Waals surface area contributed by atoms with Crippen LogP contribution >= 0.6 is 0 Å². The maximum atomic E-state index is 13.8. The van der Waals surface area contributed by atoms with Gasteiger partial charge in [0.25, 0.3) is 5.91 Å². The van der Waals surface area contributed by atoms with Crippen molar-refractivity contribution in [3.8, 4) is 5.69 Å². The maximum Gasteiger partial charge on any atom is 0.409 e. The van der Waals surface area contributed by atoms with Gasteiger partial charge in [-0.25, -0.2) is 28.3 Å². The standard InChI is InChI=1S/C27H34FN7O5S/c1-17(2)16-40-27(37)34-13-11-33(12-14-34)22-15-21(26(36)32-41(38,39)29-3)30-25-23(22)24(18-5-4-6-18)31-35(25)20-9-7-19(28)8-10-20/h7-10,15,17-18,29H,4-6,11-14,16H2,1-3H3,(H,32,36). The number of aromatic nitrogens is 3. The van der Waals surface area contributed by atoms with E-state index in [4.69, 9.17) is 9.84 Å². The topological polar surface area (TPSA) is 139 Å². The largest absolute Gasteiger partial charge is 0.449 e. The highest BCUT2D eigenvalue weighted by molar-refractivity contribution is 7.88. The maximum absolute atomic E-state index is 13.8. The van der Waals surface area contributed by atoms with Crippen molar-refractivity contribution in [2.45, 2.75) is 39.0 Å². The van der Waals surface area contributed by atoms with Crippen molar-refractivity contribution >= 4 is 38.9 Å². The van der Waals surface area contributed by atoms with Crippen molar-refractivity contribution in [1.82, 2.24) is 29.1 Å². The van der Waals surface area contributed by atoms with Gasteiger partial charge in [-0.2, -0.15) is 13.5 Å². The molecule has 1 aliphatic carbocycles. The Bertz CT molecular complexity index is 1550. The average molecular weight is 588 g/mol. The van der Waals surface area contributed by atoms with Crippen LogP contribution in [-0.4, -0.2) is 79.9 Å². The van der Waals surface area contributed by atoms with Crippen LogP contribution in [0, 0.1) is 11.7 Å². The summed E-state index contributed by atoms with van der Waals surface area (Å²) in [5.41, 5.74) is 2.30. The molecule has 2 amide bonds. The minimum absolute atomic E-state index is 0.117. The second-order valence-corrected chi connectivity index (χ2v) is 12.3. The molecule has 1 saturated heterocycles. The lowest BCUT2D eigenvalue weighted by Crippen LogP contribution is -2.49. The number of ether oxygens (including phenoxy) is 1. The van der Waals surface area contributed by atoms with Gasteiger partial charge in [-0.15, -0.1) is 0 Å². The van der Waals surface area contributed by atoms with Crippen LogP contribution in [0.5, 0.6) is 0 Å².